The number of hydrogen-bond donors (Lipinski definition) is 0. The Morgan fingerprint density at radius 1 is 1.07 bits per heavy atom. The number of likely N-dealkylation sites (tertiary alicyclic amines) is 1. The number of benzene rings is 2. The first kappa shape index (κ1) is 28.2. The van der Waals surface area contributed by atoms with Gasteiger partial charge in [-0.1, -0.05) is 24.3 Å². The average molecular weight is 557 g/mol. The fraction of sp³-hybridized carbons (Fsp3) is 0.438. The Kier molecular flexibility index (Phi) is 8.02. The molecule has 9 nitrogen and oxygen atoms in total. The van der Waals surface area contributed by atoms with Crippen LogP contribution in [0, 0.1) is 11.3 Å². The van der Waals surface area contributed by atoms with Crippen LogP contribution in [0.1, 0.15) is 73.8 Å². The molecule has 0 bridgehead atoms. The molecule has 2 heterocycles. The van der Waals surface area contributed by atoms with Crippen molar-refractivity contribution in [2.24, 2.45) is 0 Å². The number of amides is 1. The number of ether oxygens (including phenoxy) is 3. The summed E-state index contributed by atoms with van der Waals surface area (Å²) < 4.78 is 18.7. The van der Waals surface area contributed by atoms with Crippen LogP contribution in [-0.4, -0.2) is 58.1 Å². The fourth-order valence-corrected chi connectivity index (χ4v) is 5.53. The maximum atomic E-state index is 13.1. The lowest BCUT2D eigenvalue weighted by atomic mass is 10.0. The summed E-state index contributed by atoms with van der Waals surface area (Å²) >= 11 is 0. The van der Waals surface area contributed by atoms with Gasteiger partial charge in [0.05, 0.1) is 12.6 Å². The van der Waals surface area contributed by atoms with Crippen LogP contribution in [0.25, 0.3) is 11.3 Å². The number of hydrogen-bond acceptors (Lipinski definition) is 7. The second kappa shape index (κ2) is 11.7. The van der Waals surface area contributed by atoms with Gasteiger partial charge >= 0.3 is 12.1 Å². The fourth-order valence-electron chi connectivity index (χ4n) is 5.53. The number of aromatic nitrogens is 2. The first-order valence-electron chi connectivity index (χ1n) is 14.2. The molecular formula is C32H36N4O5. The van der Waals surface area contributed by atoms with Gasteiger partial charge in [0, 0.05) is 31.5 Å². The molecule has 1 amide bonds. The van der Waals surface area contributed by atoms with Crippen molar-refractivity contribution in [3.63, 3.8) is 0 Å². The number of piperidine rings is 1. The number of carbonyl (C=O) groups excluding carboxylic acids is 2. The van der Waals surface area contributed by atoms with Gasteiger partial charge in [-0.25, -0.2) is 9.59 Å². The summed E-state index contributed by atoms with van der Waals surface area (Å²) in [6.07, 6.45) is 2.79. The Hall–Kier alpha value is -4.32. The number of esters is 1. The van der Waals surface area contributed by atoms with E-state index in [0.717, 1.165) is 18.6 Å². The zero-order chi connectivity index (χ0) is 29.1. The summed E-state index contributed by atoms with van der Waals surface area (Å²) in [6.45, 7) is 8.22. The molecule has 0 N–H and O–H groups in total. The predicted octanol–water partition coefficient (Wildman–Crippen LogP) is 5.72. The molecule has 2 aromatic carbocycles. The zero-order valence-corrected chi connectivity index (χ0v) is 24.1. The van der Waals surface area contributed by atoms with Gasteiger partial charge in [0.15, 0.2) is 5.69 Å². The standard InChI is InChI=1S/C32H36N4O5/c1-5-39-30(37)29-27(19-33)28(34-36(29)24-11-8-16-35(20-24)31(38)41-32(2,3)4)21-12-14-25(15-13-21)40-26-17-22-9-6-7-10-23(22)18-26/h6-7,9-10,12-15,24,26H,5,8,11,16-18,20H2,1-4H3/t24-/m1/s1. The van der Waals surface area contributed by atoms with Crippen LogP contribution < -0.4 is 4.74 Å². The molecule has 0 spiro atoms. The predicted molar refractivity (Wildman–Crippen MR) is 153 cm³/mol. The van der Waals surface area contributed by atoms with E-state index in [9.17, 15) is 14.9 Å². The Labute approximate surface area is 240 Å². The van der Waals surface area contributed by atoms with Crippen molar-refractivity contribution < 1.29 is 23.8 Å². The number of carbonyl (C=O) groups is 2. The topological polar surface area (TPSA) is 107 Å². The first-order chi connectivity index (χ1) is 19.7. The van der Waals surface area contributed by atoms with E-state index < -0.39 is 17.7 Å². The van der Waals surface area contributed by atoms with E-state index in [2.05, 4.69) is 30.3 Å². The molecule has 0 unspecified atom stereocenters. The van der Waals surface area contributed by atoms with E-state index in [1.54, 1.807) is 16.5 Å². The van der Waals surface area contributed by atoms with Crippen molar-refractivity contribution in [1.82, 2.24) is 14.7 Å². The van der Waals surface area contributed by atoms with E-state index in [-0.39, 0.29) is 30.0 Å². The van der Waals surface area contributed by atoms with E-state index in [4.69, 9.17) is 19.3 Å². The minimum atomic E-state index is -0.620. The minimum absolute atomic E-state index is 0.0711. The van der Waals surface area contributed by atoms with Gasteiger partial charge in [0.1, 0.15) is 34.8 Å². The van der Waals surface area contributed by atoms with Crippen LogP contribution >= 0.6 is 0 Å². The number of rotatable bonds is 6. The Morgan fingerprint density at radius 3 is 2.37 bits per heavy atom. The molecule has 1 atom stereocenters. The second-order valence-electron chi connectivity index (χ2n) is 11.5. The van der Waals surface area contributed by atoms with Crippen LogP contribution in [-0.2, 0) is 22.3 Å². The molecule has 214 valence electrons. The van der Waals surface area contributed by atoms with Crippen LogP contribution in [0.4, 0.5) is 4.79 Å². The van der Waals surface area contributed by atoms with Gasteiger partial charge in [-0.3, -0.25) is 4.68 Å². The van der Waals surface area contributed by atoms with E-state index in [0.29, 0.717) is 37.2 Å². The molecule has 1 aromatic heterocycles. The number of nitrogens with zero attached hydrogens (tertiary/aromatic N) is 4. The number of fused-ring (bicyclic) bond motifs is 1. The van der Waals surface area contributed by atoms with Crippen molar-refractivity contribution >= 4 is 12.1 Å². The van der Waals surface area contributed by atoms with Gasteiger partial charge in [-0.05, 0) is 75.9 Å². The lowest BCUT2D eigenvalue weighted by Crippen LogP contribution is -2.44. The lowest BCUT2D eigenvalue weighted by molar-refractivity contribution is 0.0165. The third-order valence-corrected chi connectivity index (χ3v) is 7.33. The van der Waals surface area contributed by atoms with E-state index in [1.807, 2.05) is 45.0 Å². The summed E-state index contributed by atoms with van der Waals surface area (Å²) in [5.74, 6) is 0.119. The van der Waals surface area contributed by atoms with Crippen LogP contribution in [0.5, 0.6) is 5.75 Å². The van der Waals surface area contributed by atoms with Gasteiger partial charge in [-0.15, -0.1) is 0 Å². The highest BCUT2D eigenvalue weighted by atomic mass is 16.6. The van der Waals surface area contributed by atoms with Gasteiger partial charge in [0.2, 0.25) is 0 Å². The Morgan fingerprint density at radius 2 is 1.76 bits per heavy atom. The van der Waals surface area contributed by atoms with Crippen molar-refractivity contribution in [2.45, 2.75) is 71.1 Å². The van der Waals surface area contributed by atoms with Crippen molar-refractivity contribution in [3.05, 3.63) is 70.9 Å². The van der Waals surface area contributed by atoms with Gasteiger partial charge < -0.3 is 19.1 Å². The van der Waals surface area contributed by atoms with Gasteiger partial charge in [-0.2, -0.15) is 10.4 Å². The first-order valence-corrected chi connectivity index (χ1v) is 14.2. The maximum Gasteiger partial charge on any atom is 0.410 e. The average Bonchev–Trinajstić information content (AvgIpc) is 3.54. The molecule has 1 fully saturated rings. The Bertz CT molecular complexity index is 1440. The molecule has 1 aliphatic heterocycles. The molecule has 5 rings (SSSR count). The highest BCUT2D eigenvalue weighted by Gasteiger charge is 2.34. The lowest BCUT2D eigenvalue weighted by Gasteiger charge is -2.34. The van der Waals surface area contributed by atoms with E-state index >= 15 is 0 Å². The molecule has 0 radical (unpaired) electrons. The maximum absolute atomic E-state index is 13.1. The quantitative estimate of drug-likeness (QED) is 0.358. The normalized spacial score (nSPS) is 17.0. The molecule has 1 aliphatic carbocycles. The van der Waals surface area contributed by atoms with E-state index in [1.165, 1.54) is 11.1 Å². The molecule has 2 aliphatic rings. The molecular weight excluding hydrogens is 520 g/mol. The number of nitriles is 1. The van der Waals surface area contributed by atoms with Crippen molar-refractivity contribution in [2.75, 3.05) is 19.7 Å². The highest BCUT2D eigenvalue weighted by Crippen LogP contribution is 2.33. The minimum Gasteiger partial charge on any atom is -0.490 e. The zero-order valence-electron chi connectivity index (χ0n) is 24.1. The van der Waals surface area contributed by atoms with Crippen LogP contribution in [0.3, 0.4) is 0 Å². The second-order valence-corrected chi connectivity index (χ2v) is 11.5. The van der Waals surface area contributed by atoms with Crippen LogP contribution in [0.2, 0.25) is 0 Å². The molecule has 0 saturated carbocycles. The molecule has 9 heteroatoms. The third kappa shape index (κ3) is 6.22. The highest BCUT2D eigenvalue weighted by molar-refractivity contribution is 5.93. The SMILES string of the molecule is CCOC(=O)c1c(C#N)c(-c2ccc(OC3Cc4ccccc4C3)cc2)nn1[C@@H]1CCCN(C(=O)OC(C)(C)C)C1. The smallest absolute Gasteiger partial charge is 0.410 e. The molecule has 41 heavy (non-hydrogen) atoms. The summed E-state index contributed by atoms with van der Waals surface area (Å²) in [5.41, 5.74) is 3.35. The molecule has 1 saturated heterocycles. The summed E-state index contributed by atoms with van der Waals surface area (Å²) in [4.78, 5) is 27.6. The summed E-state index contributed by atoms with van der Waals surface area (Å²) in [5, 5.41) is 14.9. The van der Waals surface area contributed by atoms with Crippen molar-refractivity contribution in [3.8, 4) is 23.1 Å². The summed E-state index contributed by atoms with van der Waals surface area (Å²) in [6, 6.07) is 17.7. The summed E-state index contributed by atoms with van der Waals surface area (Å²) in [7, 11) is 0. The van der Waals surface area contributed by atoms with Crippen LogP contribution in [0.15, 0.2) is 48.5 Å². The monoisotopic (exact) mass is 556 g/mol. The largest absolute Gasteiger partial charge is 0.490 e. The third-order valence-electron chi connectivity index (χ3n) is 7.33. The Balaban J connectivity index is 1.41. The van der Waals surface area contributed by atoms with Gasteiger partial charge in [0.25, 0.3) is 0 Å². The van der Waals surface area contributed by atoms with Crippen molar-refractivity contribution in [1.29, 1.82) is 5.26 Å². The molecule has 3 aromatic rings.